The molecule has 4 heteroatoms. The molecule has 0 saturated heterocycles. The number of aliphatic hydroxyl groups excluding tert-OH is 1. The van der Waals surface area contributed by atoms with Crippen molar-refractivity contribution in [2.45, 2.75) is 103 Å². The summed E-state index contributed by atoms with van der Waals surface area (Å²) in [4.78, 5) is 11.4. The SMILES string of the molecule is CCCCCCCCCCCCCCCC(=O)OCC(O)CBr. The standard InChI is InChI=1S/C19H37BrO3/c1-2-3-4-5-6-7-8-9-10-11-12-13-14-15-19(22)23-17-18(21)16-20/h18,21H,2-17H2,1H3. The molecule has 0 aliphatic heterocycles. The molecule has 0 amide bonds. The highest BCUT2D eigenvalue weighted by Gasteiger charge is 2.07. The van der Waals surface area contributed by atoms with Crippen molar-refractivity contribution in [1.82, 2.24) is 0 Å². The average molecular weight is 393 g/mol. The van der Waals surface area contributed by atoms with Crippen LogP contribution >= 0.6 is 15.9 Å². The Hall–Kier alpha value is -0.0900. The quantitative estimate of drug-likeness (QED) is 0.194. The van der Waals surface area contributed by atoms with Gasteiger partial charge in [-0.15, -0.1) is 0 Å². The smallest absolute Gasteiger partial charge is 0.305 e. The van der Waals surface area contributed by atoms with Gasteiger partial charge in [0.05, 0.1) is 6.10 Å². The number of halogens is 1. The molecule has 0 rings (SSSR count). The van der Waals surface area contributed by atoms with Crippen LogP contribution in [0.15, 0.2) is 0 Å². The number of carbonyl (C=O) groups excluding carboxylic acids is 1. The average Bonchev–Trinajstić information content (AvgIpc) is 2.56. The van der Waals surface area contributed by atoms with Crippen LogP contribution in [0.3, 0.4) is 0 Å². The van der Waals surface area contributed by atoms with Gasteiger partial charge in [-0.05, 0) is 6.42 Å². The van der Waals surface area contributed by atoms with E-state index in [2.05, 4.69) is 22.9 Å². The second-order valence-corrected chi connectivity index (χ2v) is 7.13. The number of rotatable bonds is 17. The molecule has 0 spiro atoms. The predicted octanol–water partition coefficient (Wildman–Crippen LogP) is 5.77. The largest absolute Gasteiger partial charge is 0.463 e. The van der Waals surface area contributed by atoms with E-state index in [0.717, 1.165) is 12.8 Å². The first-order chi connectivity index (χ1) is 11.2. The van der Waals surface area contributed by atoms with Gasteiger partial charge >= 0.3 is 5.97 Å². The van der Waals surface area contributed by atoms with Gasteiger partial charge in [-0.3, -0.25) is 4.79 Å². The van der Waals surface area contributed by atoms with E-state index in [0.29, 0.717) is 11.8 Å². The fourth-order valence-electron chi connectivity index (χ4n) is 2.59. The van der Waals surface area contributed by atoms with Gasteiger partial charge in [-0.2, -0.15) is 0 Å². The van der Waals surface area contributed by atoms with Crippen LogP contribution < -0.4 is 0 Å². The van der Waals surface area contributed by atoms with Gasteiger partial charge in [0.25, 0.3) is 0 Å². The van der Waals surface area contributed by atoms with Crippen LogP contribution in [-0.4, -0.2) is 29.1 Å². The molecule has 23 heavy (non-hydrogen) atoms. The van der Waals surface area contributed by atoms with Gasteiger partial charge in [0.1, 0.15) is 6.61 Å². The van der Waals surface area contributed by atoms with E-state index in [1.54, 1.807) is 0 Å². The number of esters is 1. The summed E-state index contributed by atoms with van der Waals surface area (Å²) in [6.45, 7) is 2.36. The molecule has 1 N–H and O–H groups in total. The molecule has 0 saturated carbocycles. The zero-order valence-corrected chi connectivity index (χ0v) is 16.6. The molecule has 0 radical (unpaired) electrons. The van der Waals surface area contributed by atoms with Crippen molar-refractivity contribution in [3.8, 4) is 0 Å². The minimum absolute atomic E-state index is 0.0997. The number of aliphatic hydroxyl groups is 1. The highest BCUT2D eigenvalue weighted by atomic mass is 79.9. The number of alkyl halides is 1. The molecule has 0 aromatic rings. The lowest BCUT2D eigenvalue weighted by Crippen LogP contribution is -2.19. The first kappa shape index (κ1) is 22.9. The Kier molecular flexibility index (Phi) is 18.2. The molecule has 1 unspecified atom stereocenters. The van der Waals surface area contributed by atoms with Gasteiger partial charge in [0, 0.05) is 11.8 Å². The summed E-state index contributed by atoms with van der Waals surface area (Å²) >= 11 is 3.14. The predicted molar refractivity (Wildman–Crippen MR) is 101 cm³/mol. The molecular weight excluding hydrogens is 356 g/mol. The third-order valence-corrected chi connectivity index (χ3v) is 4.85. The maximum absolute atomic E-state index is 11.4. The molecule has 0 aliphatic rings. The third kappa shape index (κ3) is 18.1. The van der Waals surface area contributed by atoms with Crippen molar-refractivity contribution in [2.75, 3.05) is 11.9 Å². The molecule has 0 bridgehead atoms. The summed E-state index contributed by atoms with van der Waals surface area (Å²) in [6.07, 6.45) is 16.8. The van der Waals surface area contributed by atoms with Crippen molar-refractivity contribution < 1.29 is 14.6 Å². The first-order valence-corrected chi connectivity index (χ1v) is 10.7. The van der Waals surface area contributed by atoms with Gasteiger partial charge in [-0.1, -0.05) is 99.9 Å². The van der Waals surface area contributed by atoms with Crippen LogP contribution in [0.1, 0.15) is 96.8 Å². The van der Waals surface area contributed by atoms with E-state index >= 15 is 0 Å². The number of ether oxygens (including phenoxy) is 1. The van der Waals surface area contributed by atoms with Gasteiger partial charge in [-0.25, -0.2) is 0 Å². The number of unbranched alkanes of at least 4 members (excludes halogenated alkanes) is 12. The van der Waals surface area contributed by atoms with Crippen LogP contribution in [0, 0.1) is 0 Å². The maximum atomic E-state index is 11.4. The van der Waals surface area contributed by atoms with Crippen LogP contribution in [0.4, 0.5) is 0 Å². The summed E-state index contributed by atoms with van der Waals surface area (Å²) in [5.74, 6) is -0.187. The van der Waals surface area contributed by atoms with E-state index in [1.807, 2.05) is 0 Å². The van der Waals surface area contributed by atoms with Crippen molar-refractivity contribution >= 4 is 21.9 Å². The second kappa shape index (κ2) is 18.3. The number of hydrogen-bond acceptors (Lipinski definition) is 3. The Morgan fingerprint density at radius 1 is 0.870 bits per heavy atom. The van der Waals surface area contributed by atoms with E-state index < -0.39 is 6.10 Å². The van der Waals surface area contributed by atoms with Crippen LogP contribution in [0.5, 0.6) is 0 Å². The Morgan fingerprint density at radius 2 is 1.30 bits per heavy atom. The molecular formula is C19H37BrO3. The molecule has 0 heterocycles. The minimum Gasteiger partial charge on any atom is -0.463 e. The van der Waals surface area contributed by atoms with Crippen LogP contribution in [0.2, 0.25) is 0 Å². The summed E-state index contributed by atoms with van der Waals surface area (Å²) in [6, 6.07) is 0. The van der Waals surface area contributed by atoms with Gasteiger partial charge < -0.3 is 9.84 Å². The Balaban J connectivity index is 3.14. The fourth-order valence-corrected chi connectivity index (χ4v) is 2.78. The third-order valence-electron chi connectivity index (χ3n) is 4.10. The second-order valence-electron chi connectivity index (χ2n) is 6.48. The van der Waals surface area contributed by atoms with Gasteiger partial charge in [0.15, 0.2) is 0 Å². The topological polar surface area (TPSA) is 46.5 Å². The van der Waals surface area contributed by atoms with E-state index in [1.165, 1.54) is 70.6 Å². The summed E-state index contributed by atoms with van der Waals surface area (Å²) in [5, 5.41) is 9.71. The lowest BCUT2D eigenvalue weighted by Gasteiger charge is -2.08. The Bertz CT molecular complexity index is 259. The molecule has 0 aromatic carbocycles. The van der Waals surface area contributed by atoms with E-state index in [-0.39, 0.29) is 12.6 Å². The Labute approximate surface area is 151 Å². The maximum Gasteiger partial charge on any atom is 0.305 e. The van der Waals surface area contributed by atoms with E-state index in [9.17, 15) is 9.90 Å². The van der Waals surface area contributed by atoms with Crippen LogP contribution in [0.25, 0.3) is 0 Å². The summed E-state index contributed by atoms with van der Waals surface area (Å²) < 4.78 is 4.98. The molecule has 0 aliphatic carbocycles. The number of carbonyl (C=O) groups is 1. The molecule has 138 valence electrons. The van der Waals surface area contributed by atoms with Gasteiger partial charge in [0.2, 0.25) is 0 Å². The van der Waals surface area contributed by atoms with E-state index in [4.69, 9.17) is 4.74 Å². The highest BCUT2D eigenvalue weighted by molar-refractivity contribution is 9.09. The summed E-state index contributed by atoms with van der Waals surface area (Å²) in [7, 11) is 0. The highest BCUT2D eigenvalue weighted by Crippen LogP contribution is 2.13. The zero-order chi connectivity index (χ0) is 17.2. The minimum atomic E-state index is -0.592. The Morgan fingerprint density at radius 3 is 1.74 bits per heavy atom. The first-order valence-electron chi connectivity index (χ1n) is 9.60. The molecule has 3 nitrogen and oxygen atoms in total. The van der Waals surface area contributed by atoms with Crippen LogP contribution in [-0.2, 0) is 9.53 Å². The van der Waals surface area contributed by atoms with Crippen molar-refractivity contribution in [3.63, 3.8) is 0 Å². The monoisotopic (exact) mass is 392 g/mol. The molecule has 1 atom stereocenters. The lowest BCUT2D eigenvalue weighted by molar-refractivity contribution is -0.146. The number of hydrogen-bond donors (Lipinski definition) is 1. The van der Waals surface area contributed by atoms with Crippen molar-refractivity contribution in [1.29, 1.82) is 0 Å². The van der Waals surface area contributed by atoms with Crippen molar-refractivity contribution in [3.05, 3.63) is 0 Å². The normalized spacial score (nSPS) is 12.3. The summed E-state index contributed by atoms with van der Waals surface area (Å²) in [5.41, 5.74) is 0. The molecule has 0 fully saturated rings. The fraction of sp³-hybridized carbons (Fsp3) is 0.947. The van der Waals surface area contributed by atoms with Crippen molar-refractivity contribution in [2.24, 2.45) is 0 Å². The zero-order valence-electron chi connectivity index (χ0n) is 15.0. The lowest BCUT2D eigenvalue weighted by atomic mass is 10.0. The molecule has 0 aromatic heterocycles.